The maximum Gasteiger partial charge on any atom is 0.230 e. The van der Waals surface area contributed by atoms with Crippen LogP contribution in [-0.4, -0.2) is 9.81 Å². The Kier molecular flexibility index (Phi) is 1.50. The van der Waals surface area contributed by atoms with E-state index in [2.05, 4.69) is 4.57 Å². The number of carbonyl (C=O) groups is 1. The highest BCUT2D eigenvalue weighted by Crippen LogP contribution is 2.29. The van der Waals surface area contributed by atoms with Gasteiger partial charge in [-0.15, -0.1) is 0 Å². The third-order valence-corrected chi connectivity index (χ3v) is 2.42. The van der Waals surface area contributed by atoms with Gasteiger partial charge in [0.1, 0.15) is 0 Å². The minimum Gasteiger partial charge on any atom is -0.351 e. The number of aryl methyl sites for hydroxylation is 1. The van der Waals surface area contributed by atoms with Crippen LogP contribution in [0.4, 0.5) is 0 Å². The lowest BCUT2D eigenvalue weighted by Crippen LogP contribution is -2.01. The molecule has 2 rings (SSSR count). The van der Waals surface area contributed by atoms with Crippen LogP contribution in [0.15, 0.2) is 18.3 Å². The molecule has 1 atom stereocenters. The molecule has 1 aliphatic heterocycles. The van der Waals surface area contributed by atoms with Gasteiger partial charge in [0.05, 0.1) is 5.92 Å². The minimum absolute atomic E-state index is 0.0633. The van der Waals surface area contributed by atoms with E-state index in [-0.39, 0.29) is 11.2 Å². The highest BCUT2D eigenvalue weighted by atomic mass is 35.5. The Balaban J connectivity index is 2.38. The largest absolute Gasteiger partial charge is 0.351 e. The fraction of sp³-hybridized carbons (Fsp3) is 0.375. The Morgan fingerprint density at radius 1 is 1.73 bits per heavy atom. The van der Waals surface area contributed by atoms with Crippen molar-refractivity contribution in [3.63, 3.8) is 0 Å². The summed E-state index contributed by atoms with van der Waals surface area (Å²) >= 11 is 5.42. The summed E-state index contributed by atoms with van der Waals surface area (Å²) in [6.45, 7) is 0.922. The van der Waals surface area contributed by atoms with Gasteiger partial charge in [0.15, 0.2) is 0 Å². The number of halogens is 1. The Labute approximate surface area is 69.8 Å². The van der Waals surface area contributed by atoms with Crippen molar-refractivity contribution in [3.05, 3.63) is 24.0 Å². The summed E-state index contributed by atoms with van der Waals surface area (Å²) < 4.78 is 2.07. The van der Waals surface area contributed by atoms with Crippen LogP contribution in [0, 0.1) is 0 Å². The molecule has 0 saturated carbocycles. The molecule has 0 amide bonds. The van der Waals surface area contributed by atoms with Gasteiger partial charge in [-0.3, -0.25) is 4.79 Å². The van der Waals surface area contributed by atoms with Crippen LogP contribution >= 0.6 is 11.6 Å². The number of aromatic nitrogens is 1. The molecular formula is C8H8ClNO. The Bertz CT molecular complexity index is 292. The molecular weight excluding hydrogens is 162 g/mol. The molecule has 0 saturated heterocycles. The van der Waals surface area contributed by atoms with Gasteiger partial charge in [0.25, 0.3) is 0 Å². The van der Waals surface area contributed by atoms with E-state index in [1.165, 1.54) is 0 Å². The third-order valence-electron chi connectivity index (χ3n) is 2.15. The van der Waals surface area contributed by atoms with E-state index < -0.39 is 0 Å². The predicted molar refractivity (Wildman–Crippen MR) is 42.7 cm³/mol. The molecule has 0 fully saturated rings. The zero-order valence-corrected chi connectivity index (χ0v) is 6.71. The average molecular weight is 170 g/mol. The van der Waals surface area contributed by atoms with Crippen LogP contribution in [0.25, 0.3) is 0 Å². The fourth-order valence-corrected chi connectivity index (χ4v) is 1.81. The molecule has 11 heavy (non-hydrogen) atoms. The molecule has 0 radical (unpaired) electrons. The summed E-state index contributed by atoms with van der Waals surface area (Å²) in [5, 5.41) is -0.234. The molecule has 1 unspecified atom stereocenters. The topological polar surface area (TPSA) is 22.0 Å². The van der Waals surface area contributed by atoms with Gasteiger partial charge in [0, 0.05) is 18.4 Å². The lowest BCUT2D eigenvalue weighted by molar-refractivity contribution is -0.112. The van der Waals surface area contributed by atoms with Crippen LogP contribution in [0.2, 0.25) is 0 Å². The Hall–Kier alpha value is -0.760. The normalized spacial score (nSPS) is 21.7. The highest BCUT2D eigenvalue weighted by molar-refractivity contribution is 6.64. The van der Waals surface area contributed by atoms with E-state index in [4.69, 9.17) is 11.6 Å². The van der Waals surface area contributed by atoms with Crippen LogP contribution in [0.1, 0.15) is 18.0 Å². The SMILES string of the molecule is O=C(Cl)C1CCn2cccc21. The first-order chi connectivity index (χ1) is 5.29. The molecule has 0 aromatic carbocycles. The molecule has 0 bridgehead atoms. The van der Waals surface area contributed by atoms with Crippen LogP contribution in [0.3, 0.4) is 0 Å². The molecule has 58 valence electrons. The third kappa shape index (κ3) is 0.979. The standard InChI is InChI=1S/C8H8ClNO/c9-8(11)6-3-5-10-4-1-2-7(6)10/h1-2,4,6H,3,5H2. The van der Waals surface area contributed by atoms with Crippen molar-refractivity contribution in [2.75, 3.05) is 0 Å². The van der Waals surface area contributed by atoms with Gasteiger partial charge in [-0.1, -0.05) is 0 Å². The van der Waals surface area contributed by atoms with E-state index in [9.17, 15) is 4.79 Å². The van der Waals surface area contributed by atoms with Crippen molar-refractivity contribution >= 4 is 16.8 Å². The summed E-state index contributed by atoms with van der Waals surface area (Å²) in [4.78, 5) is 10.9. The van der Waals surface area contributed by atoms with Crippen molar-refractivity contribution in [2.45, 2.75) is 18.9 Å². The van der Waals surface area contributed by atoms with Crippen LogP contribution in [-0.2, 0) is 11.3 Å². The molecule has 2 heterocycles. The van der Waals surface area contributed by atoms with E-state index >= 15 is 0 Å². The van der Waals surface area contributed by atoms with Gasteiger partial charge in [0.2, 0.25) is 5.24 Å². The lowest BCUT2D eigenvalue weighted by atomic mass is 10.1. The monoisotopic (exact) mass is 169 g/mol. The highest BCUT2D eigenvalue weighted by Gasteiger charge is 2.26. The summed E-state index contributed by atoms with van der Waals surface area (Å²) in [7, 11) is 0. The second-order valence-electron chi connectivity index (χ2n) is 2.77. The summed E-state index contributed by atoms with van der Waals surface area (Å²) in [6, 6.07) is 3.90. The fourth-order valence-electron chi connectivity index (χ4n) is 1.59. The molecule has 2 nitrogen and oxygen atoms in total. The lowest BCUT2D eigenvalue weighted by Gasteiger charge is -1.99. The molecule has 1 aromatic heterocycles. The van der Waals surface area contributed by atoms with Crippen molar-refractivity contribution in [3.8, 4) is 0 Å². The van der Waals surface area contributed by atoms with Crippen molar-refractivity contribution < 1.29 is 4.79 Å². The van der Waals surface area contributed by atoms with Crippen LogP contribution < -0.4 is 0 Å². The molecule has 3 heteroatoms. The zero-order chi connectivity index (χ0) is 7.84. The number of rotatable bonds is 1. The van der Waals surface area contributed by atoms with Crippen LogP contribution in [0.5, 0.6) is 0 Å². The summed E-state index contributed by atoms with van der Waals surface area (Å²) in [5.41, 5.74) is 1.06. The van der Waals surface area contributed by atoms with E-state index in [1.54, 1.807) is 0 Å². The smallest absolute Gasteiger partial charge is 0.230 e. The second kappa shape index (κ2) is 2.38. The summed E-state index contributed by atoms with van der Waals surface area (Å²) in [5.74, 6) is -0.0633. The zero-order valence-electron chi connectivity index (χ0n) is 5.96. The van der Waals surface area contributed by atoms with Crippen molar-refractivity contribution in [1.29, 1.82) is 0 Å². The van der Waals surface area contributed by atoms with Crippen molar-refractivity contribution in [1.82, 2.24) is 4.57 Å². The van der Waals surface area contributed by atoms with E-state index in [1.807, 2.05) is 18.3 Å². The minimum atomic E-state index is -0.234. The van der Waals surface area contributed by atoms with Crippen molar-refractivity contribution in [2.24, 2.45) is 0 Å². The number of fused-ring (bicyclic) bond motifs is 1. The van der Waals surface area contributed by atoms with Gasteiger partial charge in [-0.25, -0.2) is 0 Å². The maximum absolute atomic E-state index is 10.9. The average Bonchev–Trinajstić information content (AvgIpc) is 2.41. The maximum atomic E-state index is 10.9. The van der Waals surface area contributed by atoms with E-state index in [0.29, 0.717) is 0 Å². The van der Waals surface area contributed by atoms with E-state index in [0.717, 1.165) is 18.7 Å². The first-order valence-electron chi connectivity index (χ1n) is 3.63. The first-order valence-corrected chi connectivity index (χ1v) is 4.01. The number of hydrogen-bond acceptors (Lipinski definition) is 1. The number of nitrogens with zero attached hydrogens (tertiary/aromatic N) is 1. The molecule has 0 spiro atoms. The molecule has 0 aliphatic carbocycles. The second-order valence-corrected chi connectivity index (χ2v) is 3.14. The number of carbonyl (C=O) groups excluding carboxylic acids is 1. The quantitative estimate of drug-likeness (QED) is 0.587. The summed E-state index contributed by atoms with van der Waals surface area (Å²) in [6.07, 6.45) is 2.84. The Morgan fingerprint density at radius 3 is 3.27 bits per heavy atom. The van der Waals surface area contributed by atoms with Gasteiger partial charge < -0.3 is 4.57 Å². The van der Waals surface area contributed by atoms with Gasteiger partial charge in [-0.05, 0) is 30.2 Å². The van der Waals surface area contributed by atoms with Gasteiger partial charge in [-0.2, -0.15) is 0 Å². The first kappa shape index (κ1) is 6.92. The molecule has 1 aliphatic rings. The molecule has 0 N–H and O–H groups in total. The molecule has 1 aromatic rings. The van der Waals surface area contributed by atoms with Gasteiger partial charge >= 0.3 is 0 Å². The number of hydrogen-bond donors (Lipinski definition) is 0. The predicted octanol–water partition coefficient (Wildman–Crippen LogP) is 1.74. The Morgan fingerprint density at radius 2 is 2.55 bits per heavy atom.